The number of nitrogens with zero attached hydrogens (tertiary/aromatic N) is 3. The number of aromatic carboxylic acids is 1. The fourth-order valence-corrected chi connectivity index (χ4v) is 2.36. The average Bonchev–Trinajstić information content (AvgIpc) is 2.83. The van der Waals surface area contributed by atoms with Crippen LogP contribution < -0.4 is 0 Å². The van der Waals surface area contributed by atoms with Crippen LogP contribution in [-0.4, -0.2) is 26.1 Å². The van der Waals surface area contributed by atoms with Crippen LogP contribution in [0.1, 0.15) is 55.0 Å². The van der Waals surface area contributed by atoms with E-state index in [4.69, 9.17) is 0 Å². The normalized spacial score (nSPS) is 11.6. The van der Waals surface area contributed by atoms with Gasteiger partial charge in [-0.05, 0) is 17.5 Å². The van der Waals surface area contributed by atoms with Gasteiger partial charge in [-0.25, -0.2) is 9.48 Å². The van der Waals surface area contributed by atoms with Crippen molar-refractivity contribution in [2.24, 2.45) is 0 Å². The van der Waals surface area contributed by atoms with Crippen LogP contribution in [0.2, 0.25) is 0 Å². The smallest absolute Gasteiger partial charge is 0.358 e. The first-order valence-corrected chi connectivity index (χ1v) is 7.08. The van der Waals surface area contributed by atoms with Crippen molar-refractivity contribution in [2.45, 2.75) is 46.1 Å². The van der Waals surface area contributed by atoms with E-state index in [0.717, 1.165) is 12.0 Å². The molecule has 1 heterocycles. The molecule has 0 radical (unpaired) electrons. The molecule has 5 heteroatoms. The summed E-state index contributed by atoms with van der Waals surface area (Å²) >= 11 is 0. The molecule has 2 rings (SSSR count). The first-order chi connectivity index (χ1) is 9.82. The summed E-state index contributed by atoms with van der Waals surface area (Å²) in [5.41, 5.74) is 2.71. The molecule has 5 nitrogen and oxygen atoms in total. The minimum absolute atomic E-state index is 0.0349. The lowest BCUT2D eigenvalue weighted by Gasteiger charge is -2.20. The van der Waals surface area contributed by atoms with Crippen LogP contribution in [0, 0.1) is 0 Å². The lowest BCUT2D eigenvalue weighted by Crippen LogP contribution is -2.22. The molecule has 0 unspecified atom stereocenters. The van der Waals surface area contributed by atoms with Crippen molar-refractivity contribution in [1.82, 2.24) is 15.0 Å². The summed E-state index contributed by atoms with van der Waals surface area (Å²) < 4.78 is 1.68. The molecule has 0 aliphatic rings. The van der Waals surface area contributed by atoms with Crippen LogP contribution in [0.3, 0.4) is 0 Å². The highest BCUT2D eigenvalue weighted by Crippen LogP contribution is 2.25. The number of aryl methyl sites for hydroxylation is 1. The molecular formula is C16H21N3O2. The molecule has 1 aromatic heterocycles. The van der Waals surface area contributed by atoms with Gasteiger partial charge in [-0.2, -0.15) is 0 Å². The van der Waals surface area contributed by atoms with Gasteiger partial charge in [0, 0.05) is 5.41 Å². The quantitative estimate of drug-likeness (QED) is 0.938. The highest BCUT2D eigenvalue weighted by Gasteiger charge is 2.28. The van der Waals surface area contributed by atoms with E-state index in [1.54, 1.807) is 4.68 Å². The van der Waals surface area contributed by atoms with E-state index >= 15 is 0 Å². The standard InChI is InChI=1S/C16H21N3O2/c1-5-11-6-8-12(9-7-11)10-19-14(16(2,3)4)13(15(20)21)17-18-19/h6-9H,5,10H2,1-4H3,(H,20,21). The Balaban J connectivity index is 2.37. The number of carbonyl (C=O) groups is 1. The highest BCUT2D eigenvalue weighted by atomic mass is 16.4. The van der Waals surface area contributed by atoms with Gasteiger partial charge in [0.1, 0.15) is 0 Å². The Hall–Kier alpha value is -2.17. The van der Waals surface area contributed by atoms with Crippen LogP contribution >= 0.6 is 0 Å². The van der Waals surface area contributed by atoms with Crippen LogP contribution in [0.5, 0.6) is 0 Å². The summed E-state index contributed by atoms with van der Waals surface area (Å²) in [6, 6.07) is 8.27. The SMILES string of the molecule is CCc1ccc(Cn2nnc(C(=O)O)c2C(C)(C)C)cc1. The molecule has 0 spiro atoms. The van der Waals surface area contributed by atoms with E-state index in [-0.39, 0.29) is 11.1 Å². The highest BCUT2D eigenvalue weighted by molar-refractivity contribution is 5.86. The van der Waals surface area contributed by atoms with Crippen molar-refractivity contribution in [1.29, 1.82) is 0 Å². The minimum atomic E-state index is -1.03. The van der Waals surface area contributed by atoms with Gasteiger partial charge in [-0.3, -0.25) is 0 Å². The summed E-state index contributed by atoms with van der Waals surface area (Å²) in [7, 11) is 0. The van der Waals surface area contributed by atoms with Gasteiger partial charge in [-0.1, -0.05) is 57.2 Å². The summed E-state index contributed by atoms with van der Waals surface area (Å²) in [5, 5.41) is 17.1. The molecule has 1 aromatic carbocycles. The van der Waals surface area contributed by atoms with Crippen molar-refractivity contribution in [2.75, 3.05) is 0 Å². The fraction of sp³-hybridized carbons (Fsp3) is 0.438. The molecule has 0 bridgehead atoms. The number of benzene rings is 1. The van der Waals surface area contributed by atoms with Crippen LogP contribution in [0.15, 0.2) is 24.3 Å². The fourth-order valence-electron chi connectivity index (χ4n) is 2.36. The van der Waals surface area contributed by atoms with Gasteiger partial charge in [0.15, 0.2) is 5.69 Å². The van der Waals surface area contributed by atoms with E-state index in [9.17, 15) is 9.90 Å². The summed E-state index contributed by atoms with van der Waals surface area (Å²) in [6.45, 7) is 8.54. The maximum absolute atomic E-state index is 11.3. The van der Waals surface area contributed by atoms with E-state index in [1.807, 2.05) is 32.9 Å². The van der Waals surface area contributed by atoms with Crippen LogP contribution in [0.25, 0.3) is 0 Å². The number of aromatic nitrogens is 3. The third-order valence-electron chi connectivity index (χ3n) is 3.41. The maximum Gasteiger partial charge on any atom is 0.358 e. The number of hydrogen-bond acceptors (Lipinski definition) is 3. The second kappa shape index (κ2) is 5.68. The van der Waals surface area contributed by atoms with Gasteiger partial charge >= 0.3 is 5.97 Å². The number of rotatable bonds is 4. The van der Waals surface area contributed by atoms with Crippen molar-refractivity contribution in [3.8, 4) is 0 Å². The average molecular weight is 287 g/mol. The van der Waals surface area contributed by atoms with E-state index in [1.165, 1.54) is 5.56 Å². The topological polar surface area (TPSA) is 68.0 Å². The van der Waals surface area contributed by atoms with Crippen molar-refractivity contribution < 1.29 is 9.90 Å². The molecule has 0 saturated carbocycles. The van der Waals surface area contributed by atoms with E-state index < -0.39 is 5.97 Å². The minimum Gasteiger partial charge on any atom is -0.476 e. The molecule has 2 aromatic rings. The second-order valence-electron chi connectivity index (χ2n) is 6.17. The zero-order valence-corrected chi connectivity index (χ0v) is 12.9. The maximum atomic E-state index is 11.3. The monoisotopic (exact) mass is 287 g/mol. The Morgan fingerprint density at radius 1 is 1.19 bits per heavy atom. The predicted octanol–water partition coefficient (Wildman–Crippen LogP) is 2.88. The second-order valence-corrected chi connectivity index (χ2v) is 6.17. The molecule has 0 atom stereocenters. The Bertz CT molecular complexity index is 637. The number of carboxylic acid groups (broad SMARTS) is 1. The zero-order valence-electron chi connectivity index (χ0n) is 12.9. The van der Waals surface area contributed by atoms with Gasteiger partial charge in [-0.15, -0.1) is 5.10 Å². The molecule has 0 aliphatic heterocycles. The first-order valence-electron chi connectivity index (χ1n) is 7.08. The molecule has 21 heavy (non-hydrogen) atoms. The lowest BCUT2D eigenvalue weighted by molar-refractivity contribution is 0.0687. The third kappa shape index (κ3) is 3.29. The summed E-state index contributed by atoms with van der Waals surface area (Å²) in [4.78, 5) is 11.3. The molecule has 0 amide bonds. The summed E-state index contributed by atoms with van der Waals surface area (Å²) in [6.07, 6.45) is 1.00. The Labute approximate surface area is 124 Å². The van der Waals surface area contributed by atoms with Gasteiger partial charge in [0.2, 0.25) is 0 Å². The van der Waals surface area contributed by atoms with Crippen molar-refractivity contribution in [3.05, 3.63) is 46.8 Å². The van der Waals surface area contributed by atoms with Gasteiger partial charge < -0.3 is 5.11 Å². The van der Waals surface area contributed by atoms with Crippen molar-refractivity contribution >= 4 is 5.97 Å². The van der Waals surface area contributed by atoms with Crippen LogP contribution in [0.4, 0.5) is 0 Å². The van der Waals surface area contributed by atoms with Crippen molar-refractivity contribution in [3.63, 3.8) is 0 Å². The lowest BCUT2D eigenvalue weighted by atomic mass is 9.90. The molecule has 1 N–H and O–H groups in total. The molecular weight excluding hydrogens is 266 g/mol. The Morgan fingerprint density at radius 2 is 1.76 bits per heavy atom. The zero-order chi connectivity index (χ0) is 15.6. The first kappa shape index (κ1) is 15.2. The third-order valence-corrected chi connectivity index (χ3v) is 3.41. The Morgan fingerprint density at radius 3 is 2.24 bits per heavy atom. The van der Waals surface area contributed by atoms with E-state index in [0.29, 0.717) is 12.2 Å². The molecule has 0 saturated heterocycles. The number of carboxylic acids is 1. The predicted molar refractivity (Wildman–Crippen MR) is 80.6 cm³/mol. The van der Waals surface area contributed by atoms with Gasteiger partial charge in [0.25, 0.3) is 0 Å². The summed E-state index contributed by atoms with van der Waals surface area (Å²) in [5.74, 6) is -1.03. The largest absolute Gasteiger partial charge is 0.476 e. The van der Waals surface area contributed by atoms with Gasteiger partial charge in [0.05, 0.1) is 12.2 Å². The van der Waals surface area contributed by atoms with E-state index in [2.05, 4.69) is 29.4 Å². The number of hydrogen-bond donors (Lipinski definition) is 1. The molecule has 112 valence electrons. The molecule has 0 fully saturated rings. The Kier molecular flexibility index (Phi) is 4.11. The molecule has 0 aliphatic carbocycles. The van der Waals surface area contributed by atoms with Crippen LogP contribution in [-0.2, 0) is 18.4 Å².